The van der Waals surface area contributed by atoms with Crippen molar-refractivity contribution in [3.8, 4) is 44.8 Å². The van der Waals surface area contributed by atoms with Crippen LogP contribution in [0.2, 0.25) is 5.02 Å². The minimum absolute atomic E-state index is 0.682. The third-order valence-corrected chi connectivity index (χ3v) is 8.31. The Morgan fingerprint density at radius 1 is 0.476 bits per heavy atom. The van der Waals surface area contributed by atoms with Gasteiger partial charge in [-0.2, -0.15) is 0 Å². The molecule has 0 atom stereocenters. The lowest BCUT2D eigenvalue weighted by atomic mass is 9.91. The van der Waals surface area contributed by atoms with E-state index in [0.717, 1.165) is 71.2 Å². The first-order chi connectivity index (χ1) is 20.7. The van der Waals surface area contributed by atoms with Crippen molar-refractivity contribution in [1.82, 2.24) is 14.6 Å². The van der Waals surface area contributed by atoms with E-state index in [1.54, 1.807) is 0 Å². The fraction of sp³-hybridized carbons (Fsp3) is 0. The molecule has 0 saturated carbocycles. The standard InChI is InChI=1S/C38H24ClN3/c39-36-32-20-9-7-18-30(32)35(31-19-8-10-21-33(31)36)27-16-11-17-28(22-27)37-40-38-34(26-14-5-2-6-15-26)23-29(24-42(38)41-37)25-12-3-1-4-13-25/h1-24H. The number of fused-ring (bicyclic) bond motifs is 3. The molecular formula is C38H24ClN3. The normalized spacial score (nSPS) is 11.5. The Morgan fingerprint density at radius 3 is 1.69 bits per heavy atom. The van der Waals surface area contributed by atoms with Crippen molar-refractivity contribution < 1.29 is 0 Å². The molecule has 0 N–H and O–H groups in total. The number of rotatable bonds is 4. The Bertz CT molecular complexity index is 2200. The third-order valence-electron chi connectivity index (χ3n) is 7.90. The highest BCUT2D eigenvalue weighted by Crippen LogP contribution is 2.42. The predicted octanol–water partition coefficient (Wildman–Crippen LogP) is 10.4. The highest BCUT2D eigenvalue weighted by molar-refractivity contribution is 6.42. The van der Waals surface area contributed by atoms with Gasteiger partial charge in [0.2, 0.25) is 0 Å². The maximum Gasteiger partial charge on any atom is 0.182 e. The van der Waals surface area contributed by atoms with Crippen LogP contribution < -0.4 is 0 Å². The first-order valence-electron chi connectivity index (χ1n) is 14.0. The summed E-state index contributed by atoms with van der Waals surface area (Å²) in [7, 11) is 0. The fourth-order valence-corrected chi connectivity index (χ4v) is 6.26. The molecule has 0 aliphatic carbocycles. The summed E-state index contributed by atoms with van der Waals surface area (Å²) < 4.78 is 1.92. The van der Waals surface area contributed by atoms with Crippen molar-refractivity contribution in [3.05, 3.63) is 151 Å². The van der Waals surface area contributed by atoms with E-state index < -0.39 is 0 Å². The highest BCUT2D eigenvalue weighted by atomic mass is 35.5. The molecule has 0 amide bonds. The van der Waals surface area contributed by atoms with Crippen molar-refractivity contribution in [2.75, 3.05) is 0 Å². The lowest BCUT2D eigenvalue weighted by molar-refractivity contribution is 0.968. The molecular weight excluding hydrogens is 534 g/mol. The first-order valence-corrected chi connectivity index (χ1v) is 14.3. The van der Waals surface area contributed by atoms with E-state index in [1.165, 1.54) is 0 Å². The van der Waals surface area contributed by atoms with Crippen LogP contribution in [0.1, 0.15) is 0 Å². The zero-order valence-electron chi connectivity index (χ0n) is 22.6. The van der Waals surface area contributed by atoms with E-state index in [4.69, 9.17) is 21.7 Å². The largest absolute Gasteiger partial charge is 0.219 e. The Balaban J connectivity index is 1.34. The molecule has 0 bridgehead atoms. The minimum atomic E-state index is 0.682. The Labute approximate surface area is 248 Å². The molecule has 0 unspecified atom stereocenters. The van der Waals surface area contributed by atoms with Crippen molar-refractivity contribution >= 4 is 38.8 Å². The number of benzene rings is 6. The molecule has 2 heterocycles. The molecule has 0 aliphatic rings. The fourth-order valence-electron chi connectivity index (χ4n) is 5.93. The molecule has 2 aromatic heterocycles. The monoisotopic (exact) mass is 557 g/mol. The van der Waals surface area contributed by atoms with Crippen molar-refractivity contribution in [1.29, 1.82) is 0 Å². The predicted molar refractivity (Wildman–Crippen MR) is 175 cm³/mol. The average molecular weight is 558 g/mol. The Kier molecular flexibility index (Phi) is 5.83. The van der Waals surface area contributed by atoms with Crippen molar-refractivity contribution in [3.63, 3.8) is 0 Å². The zero-order valence-corrected chi connectivity index (χ0v) is 23.3. The van der Waals surface area contributed by atoms with Gasteiger partial charge in [0.15, 0.2) is 11.5 Å². The number of pyridine rings is 1. The second-order valence-corrected chi connectivity index (χ2v) is 10.8. The molecule has 198 valence electrons. The summed E-state index contributed by atoms with van der Waals surface area (Å²) >= 11 is 6.91. The van der Waals surface area contributed by atoms with Crippen LogP contribution in [0.5, 0.6) is 0 Å². The minimum Gasteiger partial charge on any atom is -0.219 e. The van der Waals surface area contributed by atoms with Gasteiger partial charge in [0.1, 0.15) is 0 Å². The molecule has 8 rings (SSSR count). The number of aromatic nitrogens is 3. The van der Waals surface area contributed by atoms with E-state index in [-0.39, 0.29) is 0 Å². The molecule has 8 aromatic rings. The number of hydrogen-bond donors (Lipinski definition) is 0. The second-order valence-electron chi connectivity index (χ2n) is 10.4. The van der Waals surface area contributed by atoms with Crippen molar-refractivity contribution in [2.24, 2.45) is 0 Å². The van der Waals surface area contributed by atoms with Gasteiger partial charge in [-0.05, 0) is 45.2 Å². The molecule has 6 aromatic carbocycles. The van der Waals surface area contributed by atoms with E-state index in [2.05, 4.69) is 121 Å². The van der Waals surface area contributed by atoms with Crippen LogP contribution in [0.4, 0.5) is 0 Å². The number of hydrogen-bond acceptors (Lipinski definition) is 2. The average Bonchev–Trinajstić information content (AvgIpc) is 3.50. The van der Waals surface area contributed by atoms with Gasteiger partial charge < -0.3 is 0 Å². The van der Waals surface area contributed by atoms with Gasteiger partial charge in [0, 0.05) is 33.7 Å². The number of nitrogens with zero attached hydrogens (tertiary/aromatic N) is 3. The van der Waals surface area contributed by atoms with Gasteiger partial charge in [-0.15, -0.1) is 5.10 Å². The molecule has 0 radical (unpaired) electrons. The van der Waals surface area contributed by atoms with Gasteiger partial charge in [0.25, 0.3) is 0 Å². The summed E-state index contributed by atoms with van der Waals surface area (Å²) in [5.41, 5.74) is 8.41. The van der Waals surface area contributed by atoms with Crippen LogP contribution in [-0.4, -0.2) is 14.6 Å². The molecule has 0 fully saturated rings. The van der Waals surface area contributed by atoms with Gasteiger partial charge in [-0.1, -0.05) is 139 Å². The molecule has 0 aliphatic heterocycles. The van der Waals surface area contributed by atoms with Crippen LogP contribution in [0.15, 0.2) is 146 Å². The van der Waals surface area contributed by atoms with Crippen LogP contribution in [0.25, 0.3) is 72.0 Å². The maximum atomic E-state index is 6.91. The lowest BCUT2D eigenvalue weighted by Gasteiger charge is -2.14. The highest BCUT2D eigenvalue weighted by Gasteiger charge is 2.17. The van der Waals surface area contributed by atoms with Crippen LogP contribution in [0, 0.1) is 0 Å². The second kappa shape index (κ2) is 9.99. The summed E-state index contributed by atoms with van der Waals surface area (Å²) in [6, 6.07) is 48.2. The molecule has 4 heteroatoms. The molecule has 0 spiro atoms. The lowest BCUT2D eigenvalue weighted by Crippen LogP contribution is -1.93. The topological polar surface area (TPSA) is 30.2 Å². The summed E-state index contributed by atoms with van der Waals surface area (Å²) in [6.45, 7) is 0. The Morgan fingerprint density at radius 2 is 1.02 bits per heavy atom. The first kappa shape index (κ1) is 24.5. The van der Waals surface area contributed by atoms with Gasteiger partial charge in [0.05, 0.1) is 5.02 Å². The van der Waals surface area contributed by atoms with Crippen LogP contribution >= 0.6 is 11.6 Å². The van der Waals surface area contributed by atoms with E-state index >= 15 is 0 Å². The molecule has 42 heavy (non-hydrogen) atoms. The number of halogens is 1. The van der Waals surface area contributed by atoms with E-state index in [1.807, 2.05) is 28.8 Å². The molecule has 0 saturated heterocycles. The molecule has 3 nitrogen and oxygen atoms in total. The Hall–Kier alpha value is -5.25. The maximum absolute atomic E-state index is 6.91. The SMILES string of the molecule is Clc1c2ccccc2c(-c2cccc(-c3nc4c(-c5ccccc5)cc(-c5ccccc5)cn4n3)c2)c2ccccc12. The summed E-state index contributed by atoms with van der Waals surface area (Å²) in [6.07, 6.45) is 2.07. The van der Waals surface area contributed by atoms with Gasteiger partial charge in [-0.25, -0.2) is 9.50 Å². The van der Waals surface area contributed by atoms with Crippen LogP contribution in [0.3, 0.4) is 0 Å². The van der Waals surface area contributed by atoms with Crippen LogP contribution in [-0.2, 0) is 0 Å². The van der Waals surface area contributed by atoms with E-state index in [9.17, 15) is 0 Å². The summed E-state index contributed by atoms with van der Waals surface area (Å²) in [5, 5.41) is 10.1. The third kappa shape index (κ3) is 4.06. The van der Waals surface area contributed by atoms with Crippen molar-refractivity contribution in [2.45, 2.75) is 0 Å². The van der Waals surface area contributed by atoms with E-state index in [0.29, 0.717) is 5.82 Å². The summed E-state index contributed by atoms with van der Waals surface area (Å²) in [5.74, 6) is 0.682. The van der Waals surface area contributed by atoms with Gasteiger partial charge >= 0.3 is 0 Å². The van der Waals surface area contributed by atoms with Gasteiger partial charge in [-0.3, -0.25) is 0 Å². The smallest absolute Gasteiger partial charge is 0.182 e. The zero-order chi connectivity index (χ0) is 28.0. The quantitative estimate of drug-likeness (QED) is 0.201. The summed E-state index contributed by atoms with van der Waals surface area (Å²) in [4.78, 5) is 5.10.